The Labute approximate surface area is 290 Å². The number of hydrogen-bond donors (Lipinski definition) is 1. The number of nitrogens with zero attached hydrogens (tertiary/aromatic N) is 3. The van der Waals surface area contributed by atoms with Gasteiger partial charge in [-0.15, -0.1) is 13.2 Å². The monoisotopic (exact) mass is 727 g/mol. The molecule has 5 rings (SSSR count). The van der Waals surface area contributed by atoms with Crippen LogP contribution in [0.1, 0.15) is 33.6 Å². The minimum atomic E-state index is -1.30. The number of benzene rings is 2. The first-order chi connectivity index (χ1) is 22.5. The van der Waals surface area contributed by atoms with Crippen molar-refractivity contribution in [2.45, 2.75) is 62.2 Å². The summed E-state index contributed by atoms with van der Waals surface area (Å²) in [6.45, 7) is 14.2. The van der Waals surface area contributed by atoms with Crippen LogP contribution in [-0.2, 0) is 19.1 Å². The fourth-order valence-electron chi connectivity index (χ4n) is 7.58. The summed E-state index contributed by atoms with van der Waals surface area (Å²) in [6, 6.07) is 12.3. The largest absolute Gasteiger partial charge is 0.494 e. The number of alkyl halides is 1. The van der Waals surface area contributed by atoms with Crippen LogP contribution in [0.25, 0.3) is 0 Å². The number of fused-ring (bicyclic) bond motifs is 1. The number of carbonyl (C=O) groups excluding carboxylic acids is 3. The molecule has 3 heterocycles. The molecule has 2 aromatic rings. The average molecular weight is 729 g/mol. The molecule has 1 N–H and O–H groups in total. The molecular weight excluding hydrogens is 686 g/mol. The van der Waals surface area contributed by atoms with Crippen LogP contribution in [0.3, 0.4) is 0 Å². The number of carbonyl (C=O) groups is 3. The molecule has 3 fully saturated rings. The number of rotatable bonds is 14. The van der Waals surface area contributed by atoms with Crippen molar-refractivity contribution in [3.8, 4) is 5.75 Å². The maximum absolute atomic E-state index is 14.9. The molecule has 7 atom stereocenters. The Morgan fingerprint density at radius 3 is 2.19 bits per heavy atom. The highest BCUT2D eigenvalue weighted by atomic mass is 79.9. The van der Waals surface area contributed by atoms with E-state index in [4.69, 9.17) is 21.1 Å². The van der Waals surface area contributed by atoms with E-state index in [0.29, 0.717) is 41.6 Å². The molecule has 0 aromatic heterocycles. The van der Waals surface area contributed by atoms with Crippen molar-refractivity contribution in [2.75, 3.05) is 36.1 Å². The van der Waals surface area contributed by atoms with Crippen LogP contribution in [0.2, 0.25) is 5.02 Å². The highest BCUT2D eigenvalue weighted by Gasteiger charge is 2.77. The quantitative estimate of drug-likeness (QED) is 0.200. The van der Waals surface area contributed by atoms with Crippen LogP contribution < -0.4 is 14.5 Å². The summed E-state index contributed by atoms with van der Waals surface area (Å²) in [7, 11) is 0. The molecule has 3 aliphatic heterocycles. The standard InChI is InChI=1S/C36H43BrClN3O6/c1-6-17-39(25-13-15-27(16-14-25)46-8-3)33(43)29-30-34(44)41(26(21-42)19-22(4)5)32(36(30)20-28(37)31(29)47-36)35(45)40(18-7-2)24-11-9-23(38)10-12-24/h6-7,9-16,22,26,28-32,42H,1-2,8,17-21H2,3-5H3/t26-,28?,29+,30+,31+,32?,36?/m1/s1. The molecule has 3 unspecified atom stereocenters. The Bertz CT molecular complexity index is 1490. The molecule has 9 nitrogen and oxygen atoms in total. The number of hydrogen-bond acceptors (Lipinski definition) is 6. The summed E-state index contributed by atoms with van der Waals surface area (Å²) in [5.41, 5.74) is -0.0919. The van der Waals surface area contributed by atoms with Gasteiger partial charge in [-0.25, -0.2) is 0 Å². The van der Waals surface area contributed by atoms with Crippen molar-refractivity contribution in [3.63, 3.8) is 0 Å². The lowest BCUT2D eigenvalue weighted by molar-refractivity contribution is -0.144. The zero-order valence-corrected chi connectivity index (χ0v) is 29.4. The molecule has 3 saturated heterocycles. The van der Waals surface area contributed by atoms with E-state index in [0.717, 1.165) is 0 Å². The molecule has 252 valence electrons. The zero-order chi connectivity index (χ0) is 34.0. The number of anilines is 2. The molecule has 0 aliphatic carbocycles. The normalized spacial score (nSPS) is 26.7. The van der Waals surface area contributed by atoms with Crippen LogP contribution in [0.4, 0.5) is 11.4 Å². The summed E-state index contributed by atoms with van der Waals surface area (Å²) in [5, 5.41) is 11.2. The zero-order valence-electron chi connectivity index (χ0n) is 27.1. The van der Waals surface area contributed by atoms with Crippen molar-refractivity contribution >= 4 is 56.6 Å². The van der Waals surface area contributed by atoms with E-state index in [9.17, 15) is 19.5 Å². The lowest BCUT2D eigenvalue weighted by Gasteiger charge is -2.39. The molecule has 0 saturated carbocycles. The second kappa shape index (κ2) is 14.5. The van der Waals surface area contributed by atoms with E-state index in [-0.39, 0.29) is 48.2 Å². The molecule has 2 bridgehead atoms. The number of ether oxygens (including phenoxy) is 2. The Balaban J connectivity index is 1.60. The van der Waals surface area contributed by atoms with Crippen LogP contribution >= 0.6 is 27.5 Å². The van der Waals surface area contributed by atoms with Gasteiger partial charge in [0.15, 0.2) is 0 Å². The minimum Gasteiger partial charge on any atom is -0.494 e. The Hall–Kier alpha value is -3.18. The third-order valence-electron chi connectivity index (χ3n) is 9.35. The average Bonchev–Trinajstić information content (AvgIpc) is 3.65. The molecular formula is C36H43BrClN3O6. The molecule has 47 heavy (non-hydrogen) atoms. The van der Waals surface area contributed by atoms with Crippen LogP contribution in [0, 0.1) is 17.8 Å². The SMILES string of the molecule is C=CCN(C(=O)C1N([C@@H](CO)CC(C)C)C(=O)[C@@H]2[C@H](C(=O)N(CC=C)c3ccc(OCC)cc3)[C@H]3OC12CC3Br)c1ccc(Cl)cc1. The third kappa shape index (κ3) is 6.37. The topological polar surface area (TPSA) is 99.6 Å². The van der Waals surface area contributed by atoms with Gasteiger partial charge >= 0.3 is 0 Å². The van der Waals surface area contributed by atoms with Gasteiger partial charge in [0.25, 0.3) is 5.91 Å². The van der Waals surface area contributed by atoms with Crippen molar-refractivity contribution in [2.24, 2.45) is 17.8 Å². The smallest absolute Gasteiger partial charge is 0.253 e. The molecule has 1 spiro atoms. The lowest BCUT2D eigenvalue weighted by atomic mass is 9.70. The fourth-order valence-corrected chi connectivity index (χ4v) is 8.65. The van der Waals surface area contributed by atoms with Gasteiger partial charge in [-0.2, -0.15) is 0 Å². The van der Waals surface area contributed by atoms with Crippen molar-refractivity contribution < 1.29 is 29.0 Å². The first-order valence-corrected chi connectivity index (χ1v) is 17.4. The number of amides is 3. The first kappa shape index (κ1) is 35.1. The number of aliphatic hydroxyl groups is 1. The maximum atomic E-state index is 14.9. The van der Waals surface area contributed by atoms with Gasteiger partial charge in [-0.3, -0.25) is 14.4 Å². The first-order valence-electron chi connectivity index (χ1n) is 16.1. The third-order valence-corrected chi connectivity index (χ3v) is 10.4. The molecule has 11 heteroatoms. The fraction of sp³-hybridized carbons (Fsp3) is 0.472. The number of aliphatic hydroxyl groups excluding tert-OH is 1. The van der Waals surface area contributed by atoms with Gasteiger partial charge < -0.3 is 29.3 Å². The highest BCUT2D eigenvalue weighted by molar-refractivity contribution is 9.09. The van der Waals surface area contributed by atoms with Crippen molar-refractivity contribution in [3.05, 3.63) is 78.9 Å². The van der Waals surface area contributed by atoms with Crippen LogP contribution in [0.5, 0.6) is 5.75 Å². The number of likely N-dealkylation sites (tertiary alicyclic amines) is 1. The second-order valence-electron chi connectivity index (χ2n) is 12.8. The Kier molecular flexibility index (Phi) is 10.9. The lowest BCUT2D eigenvalue weighted by Crippen LogP contribution is -2.59. The summed E-state index contributed by atoms with van der Waals surface area (Å²) in [6.07, 6.45) is 3.42. The Morgan fingerprint density at radius 2 is 1.66 bits per heavy atom. The summed E-state index contributed by atoms with van der Waals surface area (Å²) in [4.78, 5) is 48.7. The molecule has 2 aromatic carbocycles. The van der Waals surface area contributed by atoms with E-state index in [1.165, 1.54) is 4.90 Å². The van der Waals surface area contributed by atoms with E-state index < -0.39 is 35.6 Å². The van der Waals surface area contributed by atoms with E-state index in [1.807, 2.05) is 20.8 Å². The van der Waals surface area contributed by atoms with Gasteiger partial charge in [0.05, 0.1) is 37.2 Å². The highest BCUT2D eigenvalue weighted by Crippen LogP contribution is 2.61. The minimum absolute atomic E-state index is 0.121. The summed E-state index contributed by atoms with van der Waals surface area (Å²) < 4.78 is 12.4. The molecule has 3 aliphatic rings. The van der Waals surface area contributed by atoms with Crippen molar-refractivity contribution in [1.29, 1.82) is 0 Å². The van der Waals surface area contributed by atoms with Gasteiger partial charge in [-0.05, 0) is 74.2 Å². The van der Waals surface area contributed by atoms with Gasteiger partial charge in [0.1, 0.15) is 17.4 Å². The summed E-state index contributed by atoms with van der Waals surface area (Å²) in [5.74, 6) is -2.03. The van der Waals surface area contributed by atoms with Gasteiger partial charge in [-0.1, -0.05) is 53.5 Å². The summed E-state index contributed by atoms with van der Waals surface area (Å²) >= 11 is 9.94. The molecule has 0 radical (unpaired) electrons. The Morgan fingerprint density at radius 1 is 1.09 bits per heavy atom. The van der Waals surface area contributed by atoms with Crippen LogP contribution in [-0.4, -0.2) is 82.6 Å². The van der Waals surface area contributed by atoms with E-state index >= 15 is 0 Å². The predicted octanol–water partition coefficient (Wildman–Crippen LogP) is 5.63. The van der Waals surface area contributed by atoms with Gasteiger partial charge in [0, 0.05) is 34.3 Å². The van der Waals surface area contributed by atoms with E-state index in [1.54, 1.807) is 70.5 Å². The van der Waals surface area contributed by atoms with Crippen molar-refractivity contribution in [1.82, 2.24) is 4.90 Å². The molecule has 3 amide bonds. The van der Waals surface area contributed by atoms with E-state index in [2.05, 4.69) is 29.1 Å². The maximum Gasteiger partial charge on any atom is 0.253 e. The predicted molar refractivity (Wildman–Crippen MR) is 187 cm³/mol. The van der Waals surface area contributed by atoms with Gasteiger partial charge in [0.2, 0.25) is 11.8 Å². The number of halogens is 2. The second-order valence-corrected chi connectivity index (χ2v) is 14.4. The van der Waals surface area contributed by atoms with Crippen LogP contribution in [0.15, 0.2) is 73.8 Å².